The number of carbonyl (C=O) groups is 1. The third-order valence-corrected chi connectivity index (χ3v) is 4.31. The van der Waals surface area contributed by atoms with Crippen molar-refractivity contribution in [1.29, 1.82) is 0 Å². The lowest BCUT2D eigenvalue weighted by Gasteiger charge is -2.44. The largest absolute Gasteiger partial charge is 0.457 e. The molecule has 26 heavy (non-hydrogen) atoms. The zero-order valence-electron chi connectivity index (χ0n) is 14.3. The van der Waals surface area contributed by atoms with E-state index in [9.17, 15) is 25.2 Å². The maximum atomic E-state index is 12.5. The maximum Gasteiger partial charge on any atom is 0.367 e. The Bertz CT molecular complexity index is 581. The molecule has 9 heteroatoms. The van der Waals surface area contributed by atoms with Gasteiger partial charge in [0.2, 0.25) is 0 Å². The Morgan fingerprint density at radius 1 is 1.31 bits per heavy atom. The van der Waals surface area contributed by atoms with Crippen LogP contribution in [0.3, 0.4) is 0 Å². The summed E-state index contributed by atoms with van der Waals surface area (Å²) in [6.07, 6.45) is -8.51. The summed E-state index contributed by atoms with van der Waals surface area (Å²) in [4.78, 5) is 12.5. The van der Waals surface area contributed by atoms with Gasteiger partial charge in [0.25, 0.3) is 5.79 Å². The third kappa shape index (κ3) is 4.38. The number of hydrogen-bond donors (Lipinski definition) is 5. The summed E-state index contributed by atoms with van der Waals surface area (Å²) in [5.41, 5.74) is 0.718. The number of benzene rings is 1. The normalized spacial score (nSPS) is 31.2. The molecule has 0 unspecified atom stereocenters. The second kappa shape index (κ2) is 8.87. The molecule has 6 atom stereocenters. The van der Waals surface area contributed by atoms with Gasteiger partial charge in [0, 0.05) is 13.5 Å². The summed E-state index contributed by atoms with van der Waals surface area (Å²) in [6.45, 7) is -0.873. The van der Waals surface area contributed by atoms with Crippen LogP contribution in [0.4, 0.5) is 0 Å². The number of aliphatic hydroxyl groups excluding tert-OH is 5. The molecule has 5 N–H and O–H groups in total. The van der Waals surface area contributed by atoms with E-state index < -0.39 is 55.3 Å². The van der Waals surface area contributed by atoms with E-state index in [4.69, 9.17) is 19.3 Å². The van der Waals surface area contributed by atoms with Gasteiger partial charge in [-0.1, -0.05) is 30.3 Å². The number of esters is 1. The first-order valence-corrected chi connectivity index (χ1v) is 8.12. The van der Waals surface area contributed by atoms with Crippen molar-refractivity contribution in [3.8, 4) is 0 Å². The van der Waals surface area contributed by atoms with Crippen LogP contribution in [0.2, 0.25) is 0 Å². The van der Waals surface area contributed by atoms with Crippen LogP contribution in [0.1, 0.15) is 12.0 Å². The highest BCUT2D eigenvalue weighted by molar-refractivity contribution is 5.78. The Kier molecular flexibility index (Phi) is 7.07. The number of carbonyl (C=O) groups excluding carboxylic acids is 1. The Hall–Kier alpha value is -1.59. The van der Waals surface area contributed by atoms with E-state index in [-0.39, 0.29) is 6.61 Å². The molecule has 0 radical (unpaired) electrons. The molecule has 1 aromatic rings. The second-order valence-corrected chi connectivity index (χ2v) is 6.10. The van der Waals surface area contributed by atoms with Gasteiger partial charge >= 0.3 is 5.97 Å². The molecule has 0 amide bonds. The van der Waals surface area contributed by atoms with E-state index in [1.165, 1.54) is 0 Å². The van der Waals surface area contributed by atoms with Crippen molar-refractivity contribution in [2.75, 3.05) is 13.7 Å². The minimum Gasteiger partial charge on any atom is -0.457 e. The molecular formula is C17H24O9. The minimum absolute atomic E-state index is 0.0702. The maximum absolute atomic E-state index is 12.5. The Morgan fingerprint density at radius 2 is 1.96 bits per heavy atom. The topological polar surface area (TPSA) is 146 Å². The molecule has 0 spiro atoms. The standard InChI is InChI=1S/C17H24O9/c1-24-17(16(23)25-9-10-5-3-2-4-6-10)7-11(19)13(21)15(26-17)14(22)12(20)8-18/h2-6,11-15,18-22H,7-9H2,1H3/t11-,12-,13-,14-,15-,17-/m1/s1. The lowest BCUT2D eigenvalue weighted by atomic mass is 9.91. The lowest BCUT2D eigenvalue weighted by Crippen LogP contribution is -2.64. The molecule has 2 rings (SSSR count). The van der Waals surface area contributed by atoms with Gasteiger partial charge in [-0.3, -0.25) is 0 Å². The van der Waals surface area contributed by atoms with Gasteiger partial charge in [-0.05, 0) is 5.56 Å². The average molecular weight is 372 g/mol. The van der Waals surface area contributed by atoms with Gasteiger partial charge < -0.3 is 39.7 Å². The molecule has 1 heterocycles. The Balaban J connectivity index is 2.15. The highest BCUT2D eigenvalue weighted by atomic mass is 16.7. The molecule has 1 aromatic carbocycles. The molecule has 146 valence electrons. The molecule has 1 fully saturated rings. The van der Waals surface area contributed by atoms with Crippen LogP contribution < -0.4 is 0 Å². The monoisotopic (exact) mass is 372 g/mol. The van der Waals surface area contributed by atoms with E-state index in [2.05, 4.69) is 0 Å². The quantitative estimate of drug-likeness (QED) is 0.353. The molecule has 0 saturated carbocycles. The fourth-order valence-corrected chi connectivity index (χ4v) is 2.73. The second-order valence-electron chi connectivity index (χ2n) is 6.10. The first kappa shape index (κ1) is 20.7. The Morgan fingerprint density at radius 3 is 2.54 bits per heavy atom. The first-order valence-electron chi connectivity index (χ1n) is 8.12. The molecule has 0 bridgehead atoms. The van der Waals surface area contributed by atoms with Gasteiger partial charge in [-0.25, -0.2) is 4.79 Å². The third-order valence-electron chi connectivity index (χ3n) is 4.31. The van der Waals surface area contributed by atoms with Gasteiger partial charge in [0.1, 0.15) is 31.0 Å². The predicted molar refractivity (Wildman–Crippen MR) is 86.6 cm³/mol. The smallest absolute Gasteiger partial charge is 0.367 e. The summed E-state index contributed by atoms with van der Waals surface area (Å²) in [5, 5.41) is 48.7. The number of methoxy groups -OCH3 is 1. The molecule has 0 aromatic heterocycles. The molecule has 1 saturated heterocycles. The van der Waals surface area contributed by atoms with Crippen LogP contribution in [0.5, 0.6) is 0 Å². The fraction of sp³-hybridized carbons (Fsp3) is 0.588. The zero-order chi connectivity index (χ0) is 19.3. The summed E-state index contributed by atoms with van der Waals surface area (Å²) < 4.78 is 15.7. The summed E-state index contributed by atoms with van der Waals surface area (Å²) in [6, 6.07) is 8.85. The van der Waals surface area contributed by atoms with E-state index in [0.717, 1.165) is 12.7 Å². The van der Waals surface area contributed by atoms with Crippen LogP contribution in [0.15, 0.2) is 30.3 Å². The summed E-state index contributed by atoms with van der Waals surface area (Å²) in [7, 11) is 1.15. The van der Waals surface area contributed by atoms with Gasteiger partial charge in [0.05, 0.1) is 12.7 Å². The lowest BCUT2D eigenvalue weighted by molar-refractivity contribution is -0.322. The van der Waals surface area contributed by atoms with Crippen molar-refractivity contribution in [2.24, 2.45) is 0 Å². The van der Waals surface area contributed by atoms with Crippen LogP contribution in [-0.2, 0) is 25.6 Å². The van der Waals surface area contributed by atoms with Crippen molar-refractivity contribution in [2.45, 2.75) is 49.3 Å². The first-order chi connectivity index (χ1) is 12.3. The van der Waals surface area contributed by atoms with Crippen molar-refractivity contribution in [1.82, 2.24) is 0 Å². The number of ether oxygens (including phenoxy) is 3. The summed E-state index contributed by atoms with van der Waals surface area (Å²) >= 11 is 0. The van der Waals surface area contributed by atoms with Gasteiger partial charge in [-0.2, -0.15) is 0 Å². The molecule has 9 nitrogen and oxygen atoms in total. The van der Waals surface area contributed by atoms with E-state index in [0.29, 0.717) is 0 Å². The molecule has 0 aliphatic carbocycles. The molecule has 1 aliphatic rings. The highest BCUT2D eigenvalue weighted by Gasteiger charge is 2.55. The predicted octanol–water partition coefficient (Wildman–Crippen LogP) is -1.70. The van der Waals surface area contributed by atoms with E-state index in [1.807, 2.05) is 6.07 Å². The van der Waals surface area contributed by atoms with E-state index in [1.54, 1.807) is 24.3 Å². The number of hydrogen-bond acceptors (Lipinski definition) is 9. The average Bonchev–Trinajstić information content (AvgIpc) is 2.67. The minimum atomic E-state index is -2.08. The van der Waals surface area contributed by atoms with Crippen LogP contribution in [0.25, 0.3) is 0 Å². The fourth-order valence-electron chi connectivity index (χ4n) is 2.73. The van der Waals surface area contributed by atoms with Crippen LogP contribution in [-0.4, -0.2) is 81.5 Å². The van der Waals surface area contributed by atoms with Crippen molar-refractivity contribution in [3.63, 3.8) is 0 Å². The van der Waals surface area contributed by atoms with Crippen molar-refractivity contribution in [3.05, 3.63) is 35.9 Å². The molecular weight excluding hydrogens is 348 g/mol. The van der Waals surface area contributed by atoms with Crippen LogP contribution >= 0.6 is 0 Å². The highest BCUT2D eigenvalue weighted by Crippen LogP contribution is 2.33. The van der Waals surface area contributed by atoms with Crippen molar-refractivity contribution < 1.29 is 44.5 Å². The van der Waals surface area contributed by atoms with Crippen molar-refractivity contribution >= 4 is 5.97 Å². The SMILES string of the molecule is CO[C@]1(C(=O)OCc2ccccc2)C[C@@H](O)[C@@H](O)[C@H]([C@H](O)[C@H](O)CO)O1. The Labute approximate surface area is 150 Å². The summed E-state index contributed by atoms with van der Waals surface area (Å²) in [5.74, 6) is -3.03. The molecule has 1 aliphatic heterocycles. The van der Waals surface area contributed by atoms with Crippen LogP contribution in [0, 0.1) is 0 Å². The zero-order valence-corrected chi connectivity index (χ0v) is 14.3. The number of aliphatic hydroxyl groups is 5. The van der Waals surface area contributed by atoms with E-state index >= 15 is 0 Å². The van der Waals surface area contributed by atoms with Gasteiger partial charge in [0.15, 0.2) is 0 Å². The number of rotatable bonds is 7. The van der Waals surface area contributed by atoms with Gasteiger partial charge in [-0.15, -0.1) is 0 Å².